The monoisotopic (exact) mass is 405 g/mol. The van der Waals surface area contributed by atoms with Crippen LogP contribution in [0.2, 0.25) is 0 Å². The maximum absolute atomic E-state index is 5.73. The largest absolute Gasteiger partial charge is 0.410 e. The SMILES string of the molecule is Cc1nc(C)c(-c2nnc(SCCCc3nc(-c4cccs4)no3)o2)s1. The van der Waals surface area contributed by atoms with Gasteiger partial charge in [-0.2, -0.15) is 4.98 Å². The van der Waals surface area contributed by atoms with Gasteiger partial charge in [-0.1, -0.05) is 23.0 Å². The first kappa shape index (κ1) is 17.4. The van der Waals surface area contributed by atoms with Crippen LogP contribution in [0.15, 0.2) is 31.7 Å². The second-order valence-electron chi connectivity index (χ2n) is 5.46. The van der Waals surface area contributed by atoms with Gasteiger partial charge in [0.1, 0.15) is 4.88 Å². The third kappa shape index (κ3) is 3.87. The number of hydrogen-bond donors (Lipinski definition) is 0. The average Bonchev–Trinajstić information content (AvgIpc) is 3.39. The van der Waals surface area contributed by atoms with Gasteiger partial charge in [-0.3, -0.25) is 0 Å². The molecule has 0 aliphatic heterocycles. The van der Waals surface area contributed by atoms with Crippen LogP contribution in [0.3, 0.4) is 0 Å². The summed E-state index contributed by atoms with van der Waals surface area (Å²) in [5.41, 5.74) is 0.922. The summed E-state index contributed by atoms with van der Waals surface area (Å²) in [6.45, 7) is 3.92. The van der Waals surface area contributed by atoms with E-state index in [2.05, 4.69) is 25.3 Å². The molecule has 0 atom stereocenters. The summed E-state index contributed by atoms with van der Waals surface area (Å²) >= 11 is 4.69. The molecule has 10 heteroatoms. The highest BCUT2D eigenvalue weighted by Crippen LogP contribution is 2.30. The summed E-state index contributed by atoms with van der Waals surface area (Å²) in [4.78, 5) is 10.8. The Morgan fingerprint density at radius 3 is 2.88 bits per heavy atom. The van der Waals surface area contributed by atoms with Crippen LogP contribution in [-0.2, 0) is 6.42 Å². The minimum atomic E-state index is 0.535. The Morgan fingerprint density at radius 2 is 2.12 bits per heavy atom. The number of thiazole rings is 1. The van der Waals surface area contributed by atoms with Gasteiger partial charge in [-0.15, -0.1) is 32.9 Å². The molecule has 4 aromatic heterocycles. The highest BCUT2D eigenvalue weighted by Gasteiger charge is 2.15. The van der Waals surface area contributed by atoms with Crippen molar-refractivity contribution in [2.24, 2.45) is 0 Å². The van der Waals surface area contributed by atoms with E-state index in [0.717, 1.165) is 39.1 Å². The maximum Gasteiger partial charge on any atom is 0.276 e. The first-order chi connectivity index (χ1) is 12.7. The highest BCUT2D eigenvalue weighted by molar-refractivity contribution is 7.99. The fraction of sp³-hybridized carbons (Fsp3) is 0.312. The number of nitrogens with zero attached hydrogens (tertiary/aromatic N) is 5. The fourth-order valence-electron chi connectivity index (χ4n) is 2.33. The van der Waals surface area contributed by atoms with E-state index < -0.39 is 0 Å². The van der Waals surface area contributed by atoms with E-state index >= 15 is 0 Å². The van der Waals surface area contributed by atoms with Crippen LogP contribution in [-0.4, -0.2) is 31.1 Å². The van der Waals surface area contributed by atoms with Gasteiger partial charge in [-0.25, -0.2) is 4.98 Å². The van der Waals surface area contributed by atoms with Crippen LogP contribution >= 0.6 is 34.4 Å². The number of thioether (sulfide) groups is 1. The molecule has 0 aliphatic carbocycles. The molecule has 0 unspecified atom stereocenters. The lowest BCUT2D eigenvalue weighted by Gasteiger charge is -1.94. The van der Waals surface area contributed by atoms with Crippen molar-refractivity contribution in [2.45, 2.75) is 31.9 Å². The molecule has 0 radical (unpaired) electrons. The molecule has 0 spiro atoms. The Balaban J connectivity index is 1.28. The smallest absolute Gasteiger partial charge is 0.276 e. The summed E-state index contributed by atoms with van der Waals surface area (Å²) < 4.78 is 11.0. The summed E-state index contributed by atoms with van der Waals surface area (Å²) in [7, 11) is 0. The quantitative estimate of drug-likeness (QED) is 0.324. The van der Waals surface area contributed by atoms with Crippen molar-refractivity contribution in [2.75, 3.05) is 5.75 Å². The minimum absolute atomic E-state index is 0.535. The molecule has 0 fully saturated rings. The zero-order valence-electron chi connectivity index (χ0n) is 14.1. The molecular formula is C16H15N5O2S3. The first-order valence-corrected chi connectivity index (χ1v) is 10.6. The van der Waals surface area contributed by atoms with E-state index in [4.69, 9.17) is 8.94 Å². The molecule has 134 valence electrons. The molecule has 0 bridgehead atoms. The van der Waals surface area contributed by atoms with E-state index in [9.17, 15) is 0 Å². The molecule has 4 heterocycles. The van der Waals surface area contributed by atoms with Gasteiger partial charge < -0.3 is 8.94 Å². The van der Waals surface area contributed by atoms with Gasteiger partial charge in [0, 0.05) is 12.2 Å². The van der Waals surface area contributed by atoms with Crippen molar-refractivity contribution in [3.8, 4) is 21.5 Å². The summed E-state index contributed by atoms with van der Waals surface area (Å²) in [5, 5.41) is 15.8. The van der Waals surface area contributed by atoms with E-state index in [1.54, 1.807) is 22.7 Å². The molecule has 4 aromatic rings. The van der Waals surface area contributed by atoms with E-state index in [1.807, 2.05) is 31.4 Å². The van der Waals surface area contributed by atoms with E-state index in [-0.39, 0.29) is 0 Å². The van der Waals surface area contributed by atoms with E-state index in [0.29, 0.717) is 22.8 Å². The van der Waals surface area contributed by atoms with Crippen molar-refractivity contribution in [3.63, 3.8) is 0 Å². The van der Waals surface area contributed by atoms with Gasteiger partial charge in [-0.05, 0) is 31.7 Å². The summed E-state index contributed by atoms with van der Waals surface area (Å²) in [6, 6.07) is 3.95. The van der Waals surface area contributed by atoms with Crippen LogP contribution in [0.4, 0.5) is 0 Å². The Kier molecular flexibility index (Phi) is 5.14. The molecule has 0 saturated carbocycles. The molecule has 26 heavy (non-hydrogen) atoms. The van der Waals surface area contributed by atoms with Crippen LogP contribution < -0.4 is 0 Å². The number of hydrogen-bond acceptors (Lipinski definition) is 10. The maximum atomic E-state index is 5.73. The van der Waals surface area contributed by atoms with Gasteiger partial charge >= 0.3 is 0 Å². The molecule has 0 saturated heterocycles. The lowest BCUT2D eigenvalue weighted by molar-refractivity contribution is 0.378. The second-order valence-corrected chi connectivity index (χ2v) is 8.66. The van der Waals surface area contributed by atoms with Gasteiger partial charge in [0.05, 0.1) is 15.6 Å². The molecule has 4 rings (SSSR count). The molecule has 0 aromatic carbocycles. The average molecular weight is 406 g/mol. The lowest BCUT2D eigenvalue weighted by atomic mass is 10.3. The van der Waals surface area contributed by atoms with Crippen LogP contribution in [0.1, 0.15) is 23.0 Å². The number of aryl methyl sites for hydroxylation is 3. The zero-order valence-corrected chi connectivity index (χ0v) is 16.6. The normalized spacial score (nSPS) is 11.3. The number of thiophene rings is 1. The van der Waals surface area contributed by atoms with Crippen LogP contribution in [0, 0.1) is 13.8 Å². The predicted octanol–water partition coefficient (Wildman–Crippen LogP) is 4.65. The third-order valence-corrected chi connectivity index (χ3v) is 6.31. The van der Waals surface area contributed by atoms with Gasteiger partial charge in [0.2, 0.25) is 11.7 Å². The zero-order chi connectivity index (χ0) is 17.9. The van der Waals surface area contributed by atoms with Gasteiger partial charge in [0.15, 0.2) is 0 Å². The van der Waals surface area contributed by atoms with Crippen LogP contribution in [0.5, 0.6) is 0 Å². The Morgan fingerprint density at radius 1 is 1.19 bits per heavy atom. The van der Waals surface area contributed by atoms with Crippen LogP contribution in [0.25, 0.3) is 21.5 Å². The van der Waals surface area contributed by atoms with Crippen molar-refractivity contribution in [3.05, 3.63) is 34.1 Å². The molecule has 0 aliphatic rings. The first-order valence-electron chi connectivity index (χ1n) is 7.96. The Hall–Kier alpha value is -2.04. The van der Waals surface area contributed by atoms with Gasteiger partial charge in [0.25, 0.3) is 11.1 Å². The topological polar surface area (TPSA) is 90.7 Å². The molecule has 0 N–H and O–H groups in total. The standard InChI is InChI=1S/C16H15N5O2S3/c1-9-13(26-10(2)17-9)15-19-20-16(22-15)25-8-4-6-12-18-14(21-23-12)11-5-3-7-24-11/h3,5,7H,4,6,8H2,1-2H3. The highest BCUT2D eigenvalue weighted by atomic mass is 32.2. The molecule has 0 amide bonds. The lowest BCUT2D eigenvalue weighted by Crippen LogP contribution is -1.88. The van der Waals surface area contributed by atoms with Crippen molar-refractivity contribution in [1.82, 2.24) is 25.3 Å². The Labute approximate surface area is 161 Å². The predicted molar refractivity (Wildman–Crippen MR) is 102 cm³/mol. The second kappa shape index (κ2) is 7.68. The van der Waals surface area contributed by atoms with Crippen molar-refractivity contribution in [1.29, 1.82) is 0 Å². The van der Waals surface area contributed by atoms with Crippen molar-refractivity contribution >= 4 is 34.4 Å². The molecule has 7 nitrogen and oxygen atoms in total. The fourth-order valence-corrected chi connectivity index (χ4v) is 4.52. The Bertz CT molecular complexity index is 990. The number of aromatic nitrogens is 5. The molecular weight excluding hydrogens is 390 g/mol. The summed E-state index contributed by atoms with van der Waals surface area (Å²) in [5.74, 6) is 2.67. The summed E-state index contributed by atoms with van der Waals surface area (Å²) in [6.07, 6.45) is 1.60. The van der Waals surface area contributed by atoms with E-state index in [1.165, 1.54) is 11.8 Å². The van der Waals surface area contributed by atoms with Crippen molar-refractivity contribution < 1.29 is 8.94 Å². The minimum Gasteiger partial charge on any atom is -0.410 e. The third-order valence-electron chi connectivity index (χ3n) is 3.47. The number of rotatable bonds is 7.